The van der Waals surface area contributed by atoms with Crippen molar-refractivity contribution in [2.75, 3.05) is 6.54 Å². The standard InChI is InChI=1S/C31H49NO.C9H14O2/c1-11-18-32-28(33)24-20-22(12-2)26(27(24)31(32,10)13-3)25(29(5,6)7)19-21(4)23-14-16-30(8,9)17-15-23;1-3-7(2)9-5-4-8(6-10)11-9/h12,19-20,23,27H,11,13-18H2,1-10H3;6,8-9H,2-5H2,1H3/b21-19+,22-12-,26-25-;. The van der Waals surface area contributed by atoms with Crippen LogP contribution in [0.1, 0.15) is 134 Å². The zero-order chi connectivity index (χ0) is 33.0. The maximum atomic E-state index is 13.6. The number of carbonyl (C=O) groups excluding carboxylic acids is 2. The molecule has 2 aliphatic heterocycles. The third-order valence-corrected chi connectivity index (χ3v) is 11.0. The van der Waals surface area contributed by atoms with Gasteiger partial charge in [0.25, 0.3) is 5.91 Å². The van der Waals surface area contributed by atoms with Crippen LogP contribution in [0.4, 0.5) is 0 Å². The first-order valence-corrected chi connectivity index (χ1v) is 17.5. The Balaban J connectivity index is 0.000000404. The molecule has 0 aromatic rings. The maximum Gasteiger partial charge on any atom is 0.251 e. The fourth-order valence-corrected chi connectivity index (χ4v) is 7.74. The minimum absolute atomic E-state index is 0.0119. The van der Waals surface area contributed by atoms with Crippen LogP contribution in [-0.4, -0.2) is 41.4 Å². The van der Waals surface area contributed by atoms with Gasteiger partial charge in [0.15, 0.2) is 0 Å². The Morgan fingerprint density at radius 2 is 1.73 bits per heavy atom. The summed E-state index contributed by atoms with van der Waals surface area (Å²) in [6.07, 6.45) is 17.7. The lowest BCUT2D eigenvalue weighted by Crippen LogP contribution is -2.47. The number of hydrogen-bond donors (Lipinski definition) is 0. The summed E-state index contributed by atoms with van der Waals surface area (Å²) >= 11 is 0. The quantitative estimate of drug-likeness (QED) is 0.204. The zero-order valence-electron chi connectivity index (χ0n) is 30.1. The lowest BCUT2D eigenvalue weighted by atomic mass is 9.69. The number of carbonyl (C=O) groups is 2. The van der Waals surface area contributed by atoms with E-state index >= 15 is 0 Å². The molecule has 1 saturated carbocycles. The molecule has 0 aromatic carbocycles. The predicted molar refractivity (Wildman–Crippen MR) is 185 cm³/mol. The van der Waals surface area contributed by atoms with Gasteiger partial charge in [0.1, 0.15) is 12.4 Å². The molecule has 4 unspecified atom stereocenters. The summed E-state index contributed by atoms with van der Waals surface area (Å²) in [7, 11) is 0. The van der Waals surface area contributed by atoms with E-state index in [0.29, 0.717) is 11.3 Å². The van der Waals surface area contributed by atoms with E-state index in [9.17, 15) is 9.59 Å². The topological polar surface area (TPSA) is 46.6 Å². The summed E-state index contributed by atoms with van der Waals surface area (Å²) in [4.78, 5) is 26.0. The van der Waals surface area contributed by atoms with Crippen molar-refractivity contribution >= 4 is 12.2 Å². The number of ether oxygens (including phenoxy) is 1. The van der Waals surface area contributed by atoms with Crippen molar-refractivity contribution in [2.24, 2.45) is 22.7 Å². The average molecular weight is 606 g/mol. The van der Waals surface area contributed by atoms with E-state index in [1.165, 1.54) is 48.0 Å². The highest BCUT2D eigenvalue weighted by molar-refractivity contribution is 6.01. The molecule has 2 saturated heterocycles. The molecule has 4 nitrogen and oxygen atoms in total. The van der Waals surface area contributed by atoms with Crippen molar-refractivity contribution in [3.8, 4) is 0 Å². The third kappa shape index (κ3) is 7.60. The number of amides is 1. The van der Waals surface area contributed by atoms with Gasteiger partial charge in [0.2, 0.25) is 0 Å². The first-order chi connectivity index (χ1) is 20.6. The molecule has 4 heteroatoms. The second-order valence-electron chi connectivity index (χ2n) is 15.7. The minimum atomic E-state index is -0.178. The van der Waals surface area contributed by atoms with Crippen molar-refractivity contribution in [1.82, 2.24) is 4.90 Å². The first kappa shape index (κ1) is 36.3. The molecule has 0 radical (unpaired) electrons. The molecular formula is C40H63NO3. The smallest absolute Gasteiger partial charge is 0.251 e. The fourth-order valence-electron chi connectivity index (χ4n) is 7.74. The zero-order valence-corrected chi connectivity index (χ0v) is 30.1. The molecule has 3 fully saturated rings. The van der Waals surface area contributed by atoms with Crippen LogP contribution in [0, 0.1) is 22.7 Å². The molecule has 2 aliphatic carbocycles. The lowest BCUT2D eigenvalue weighted by Gasteiger charge is -2.40. The molecule has 0 N–H and O–H groups in total. The van der Waals surface area contributed by atoms with Crippen LogP contribution in [0.5, 0.6) is 0 Å². The summed E-state index contributed by atoms with van der Waals surface area (Å²) in [6.45, 7) is 29.9. The minimum Gasteiger partial charge on any atom is -0.363 e. The molecule has 0 bridgehead atoms. The molecule has 2 heterocycles. The number of hydrogen-bond acceptors (Lipinski definition) is 3. The van der Waals surface area contributed by atoms with Crippen LogP contribution in [0.2, 0.25) is 0 Å². The van der Waals surface area contributed by atoms with E-state index in [4.69, 9.17) is 4.74 Å². The number of likely N-dealkylation sites (tertiary alicyclic amines) is 1. The van der Waals surface area contributed by atoms with Gasteiger partial charge in [0, 0.05) is 18.0 Å². The largest absolute Gasteiger partial charge is 0.363 e. The Morgan fingerprint density at radius 1 is 1.09 bits per heavy atom. The Kier molecular flexibility index (Phi) is 11.9. The van der Waals surface area contributed by atoms with Crippen LogP contribution < -0.4 is 0 Å². The van der Waals surface area contributed by atoms with Crippen LogP contribution in [-0.2, 0) is 14.3 Å². The van der Waals surface area contributed by atoms with Crippen molar-refractivity contribution < 1.29 is 14.3 Å². The molecule has 4 atom stereocenters. The van der Waals surface area contributed by atoms with E-state index in [-0.39, 0.29) is 35.0 Å². The Bertz CT molecular complexity index is 1200. The SMILES string of the molecule is C/C=C1/C=C2C(=O)N(CCC)C(C)(CC)C2/C1=C(/C=C(\C)C1CCC(C)(C)CC1)C(C)(C)C.C=C(CC)C1CCC(C=O)O1. The number of aldehydes is 1. The van der Waals surface area contributed by atoms with Gasteiger partial charge in [-0.25, -0.2) is 0 Å². The van der Waals surface area contributed by atoms with Crippen molar-refractivity contribution in [2.45, 2.75) is 152 Å². The molecule has 4 rings (SSSR count). The second kappa shape index (κ2) is 14.5. The summed E-state index contributed by atoms with van der Waals surface area (Å²) in [5, 5.41) is 0. The van der Waals surface area contributed by atoms with Gasteiger partial charge in [-0.2, -0.15) is 0 Å². The van der Waals surface area contributed by atoms with E-state index in [2.05, 4.69) is 106 Å². The van der Waals surface area contributed by atoms with Crippen LogP contribution in [0.15, 0.2) is 58.2 Å². The van der Waals surface area contributed by atoms with Gasteiger partial charge in [-0.15, -0.1) is 0 Å². The van der Waals surface area contributed by atoms with Gasteiger partial charge in [-0.05, 0) is 124 Å². The van der Waals surface area contributed by atoms with Gasteiger partial charge in [-0.3, -0.25) is 4.79 Å². The van der Waals surface area contributed by atoms with Crippen molar-refractivity contribution in [3.63, 3.8) is 0 Å². The molecule has 246 valence electrons. The summed E-state index contributed by atoms with van der Waals surface area (Å²) in [6, 6.07) is 0. The normalized spacial score (nSPS) is 31.1. The highest BCUT2D eigenvalue weighted by Gasteiger charge is 2.56. The number of fused-ring (bicyclic) bond motifs is 1. The number of nitrogens with zero attached hydrogens (tertiary/aromatic N) is 1. The highest BCUT2D eigenvalue weighted by atomic mass is 16.5. The van der Waals surface area contributed by atoms with E-state index in [1.807, 2.05) is 0 Å². The Morgan fingerprint density at radius 3 is 2.20 bits per heavy atom. The van der Waals surface area contributed by atoms with Crippen LogP contribution >= 0.6 is 0 Å². The summed E-state index contributed by atoms with van der Waals surface area (Å²) in [5.41, 5.74) is 8.09. The molecule has 44 heavy (non-hydrogen) atoms. The van der Waals surface area contributed by atoms with Crippen LogP contribution in [0.25, 0.3) is 0 Å². The highest BCUT2D eigenvalue weighted by Crippen LogP contribution is 2.55. The van der Waals surface area contributed by atoms with Crippen molar-refractivity contribution in [1.29, 1.82) is 0 Å². The molecular weight excluding hydrogens is 542 g/mol. The lowest BCUT2D eigenvalue weighted by molar-refractivity contribution is -0.128. The Labute approximate surface area is 270 Å². The van der Waals surface area contributed by atoms with E-state index < -0.39 is 0 Å². The van der Waals surface area contributed by atoms with Gasteiger partial charge in [-0.1, -0.05) is 79.7 Å². The van der Waals surface area contributed by atoms with E-state index in [1.54, 1.807) is 0 Å². The predicted octanol–water partition coefficient (Wildman–Crippen LogP) is 10.1. The molecule has 4 aliphatic rings. The summed E-state index contributed by atoms with van der Waals surface area (Å²) < 4.78 is 5.40. The number of allylic oxidation sites excluding steroid dienone is 6. The van der Waals surface area contributed by atoms with Gasteiger partial charge < -0.3 is 14.4 Å². The fraction of sp³-hybridized carbons (Fsp3) is 0.700. The maximum absolute atomic E-state index is 13.6. The molecule has 1 amide bonds. The van der Waals surface area contributed by atoms with Gasteiger partial charge >= 0.3 is 0 Å². The van der Waals surface area contributed by atoms with Crippen molar-refractivity contribution in [3.05, 3.63) is 58.2 Å². The monoisotopic (exact) mass is 605 g/mol. The van der Waals surface area contributed by atoms with E-state index in [0.717, 1.165) is 56.1 Å². The Hall–Kier alpha value is -2.20. The molecule has 0 spiro atoms. The first-order valence-electron chi connectivity index (χ1n) is 17.5. The third-order valence-electron chi connectivity index (χ3n) is 11.0. The van der Waals surface area contributed by atoms with Crippen LogP contribution in [0.3, 0.4) is 0 Å². The van der Waals surface area contributed by atoms with Gasteiger partial charge in [0.05, 0.1) is 11.6 Å². The average Bonchev–Trinajstić information content (AvgIpc) is 3.67. The summed E-state index contributed by atoms with van der Waals surface area (Å²) in [5.74, 6) is 1.10. The second-order valence-corrected chi connectivity index (χ2v) is 15.7. The molecule has 0 aromatic heterocycles. The number of rotatable bonds is 8.